The maximum absolute atomic E-state index is 12.4. The average molecular weight is 361 g/mol. The number of hydrogen-bond donors (Lipinski definition) is 2. The van der Waals surface area contributed by atoms with E-state index >= 15 is 0 Å². The average Bonchev–Trinajstić information content (AvgIpc) is 3.14. The van der Waals surface area contributed by atoms with Gasteiger partial charge in [0.1, 0.15) is 0 Å². The fourth-order valence-electron chi connectivity index (χ4n) is 2.59. The molecule has 2 atom stereocenters. The van der Waals surface area contributed by atoms with Crippen LogP contribution in [0.4, 0.5) is 0 Å². The summed E-state index contributed by atoms with van der Waals surface area (Å²) in [6, 6.07) is 5.97. The second kappa shape index (κ2) is 8.19. The van der Waals surface area contributed by atoms with Gasteiger partial charge in [-0.3, -0.25) is 9.59 Å². The Labute approximate surface area is 149 Å². The number of carbonyl (C=O) groups excluding carboxylic acids is 2. The normalized spacial score (nSPS) is 20.2. The Morgan fingerprint density at radius 3 is 2.76 bits per heavy atom. The third kappa shape index (κ3) is 4.62. The van der Waals surface area contributed by atoms with Crippen molar-refractivity contribution in [1.29, 1.82) is 0 Å². The van der Waals surface area contributed by atoms with Crippen molar-refractivity contribution in [3.63, 3.8) is 0 Å². The lowest BCUT2D eigenvalue weighted by Gasteiger charge is -2.32. The number of carbonyl (C=O) groups is 2. The first-order valence-electron chi connectivity index (χ1n) is 7.90. The van der Waals surface area contributed by atoms with Crippen LogP contribution in [0.2, 0.25) is 0 Å². The van der Waals surface area contributed by atoms with Crippen molar-refractivity contribution in [3.05, 3.63) is 52.0 Å². The van der Waals surface area contributed by atoms with E-state index in [9.17, 15) is 9.59 Å². The van der Waals surface area contributed by atoms with E-state index in [1.54, 1.807) is 17.6 Å². The summed E-state index contributed by atoms with van der Waals surface area (Å²) in [5.74, 6) is -0.767. The van der Waals surface area contributed by atoms with Gasteiger partial charge in [0.25, 0.3) is 5.91 Å². The first-order chi connectivity index (χ1) is 12.1. The summed E-state index contributed by atoms with van der Waals surface area (Å²) < 4.78 is 11.4. The monoisotopic (exact) mass is 361 g/mol. The molecule has 25 heavy (non-hydrogen) atoms. The Morgan fingerprint density at radius 2 is 2.08 bits per heavy atom. The first kappa shape index (κ1) is 17.5. The van der Waals surface area contributed by atoms with Gasteiger partial charge in [-0.25, -0.2) is 4.98 Å². The van der Waals surface area contributed by atoms with E-state index in [0.717, 1.165) is 5.69 Å². The maximum atomic E-state index is 12.4. The highest BCUT2D eigenvalue weighted by molar-refractivity contribution is 7.07. The highest BCUT2D eigenvalue weighted by Gasteiger charge is 2.28. The molecule has 0 spiro atoms. The summed E-state index contributed by atoms with van der Waals surface area (Å²) >= 11 is 1.52. The summed E-state index contributed by atoms with van der Waals surface area (Å²) in [5, 5.41) is 4.88. The number of nitrogens with one attached hydrogen (secondary N) is 1. The van der Waals surface area contributed by atoms with E-state index < -0.39 is 5.91 Å². The van der Waals surface area contributed by atoms with Gasteiger partial charge in [-0.1, -0.05) is 0 Å². The summed E-state index contributed by atoms with van der Waals surface area (Å²) in [4.78, 5) is 27.7. The summed E-state index contributed by atoms with van der Waals surface area (Å²) in [6.07, 6.45) is 0.569. The van der Waals surface area contributed by atoms with Crippen LogP contribution in [0.25, 0.3) is 0 Å². The zero-order valence-corrected chi connectivity index (χ0v) is 14.3. The topological polar surface area (TPSA) is 104 Å². The summed E-state index contributed by atoms with van der Waals surface area (Å²) in [6.45, 7) is 1.40. The van der Waals surface area contributed by atoms with Crippen LogP contribution >= 0.6 is 11.3 Å². The number of ether oxygens (including phenoxy) is 2. The predicted octanol–water partition coefficient (Wildman–Crippen LogP) is 1.35. The van der Waals surface area contributed by atoms with E-state index in [0.29, 0.717) is 37.4 Å². The first-order valence-corrected chi connectivity index (χ1v) is 8.85. The molecule has 2 heterocycles. The van der Waals surface area contributed by atoms with Crippen LogP contribution in [-0.4, -0.2) is 42.2 Å². The van der Waals surface area contributed by atoms with E-state index in [1.165, 1.54) is 23.5 Å². The standard InChI is InChI=1S/C17H19N3O4S/c18-16(21)11-1-3-12(4-2-11)17(22)20-14-8-23-6-5-15(14)24-7-13-9-25-10-19-13/h1-4,9-10,14-15H,5-8H2,(H2,18,21)(H,20,22)/t14-,15+/m1/s1. The van der Waals surface area contributed by atoms with Crippen molar-refractivity contribution in [3.8, 4) is 0 Å². The molecule has 1 aromatic carbocycles. The highest BCUT2D eigenvalue weighted by Crippen LogP contribution is 2.15. The SMILES string of the molecule is NC(=O)c1ccc(C(=O)N[C@@H]2COCC[C@@H]2OCc2cscn2)cc1. The van der Waals surface area contributed by atoms with Crippen molar-refractivity contribution < 1.29 is 19.1 Å². The van der Waals surface area contributed by atoms with Crippen LogP contribution in [-0.2, 0) is 16.1 Å². The Hall–Kier alpha value is -2.29. The second-order valence-corrected chi connectivity index (χ2v) is 6.43. The summed E-state index contributed by atoms with van der Waals surface area (Å²) in [5.41, 5.74) is 8.66. The Bertz CT molecular complexity index is 718. The van der Waals surface area contributed by atoms with E-state index in [2.05, 4.69) is 10.3 Å². The minimum absolute atomic E-state index is 0.135. The van der Waals surface area contributed by atoms with E-state index in [1.807, 2.05) is 5.38 Å². The molecule has 7 nitrogen and oxygen atoms in total. The smallest absolute Gasteiger partial charge is 0.251 e. The number of rotatable bonds is 6. The van der Waals surface area contributed by atoms with E-state index in [4.69, 9.17) is 15.2 Å². The summed E-state index contributed by atoms with van der Waals surface area (Å²) in [7, 11) is 0. The van der Waals surface area contributed by atoms with Crippen LogP contribution in [0.15, 0.2) is 35.2 Å². The van der Waals surface area contributed by atoms with Gasteiger partial charge in [-0.05, 0) is 30.7 Å². The van der Waals surface area contributed by atoms with Crippen LogP contribution in [0.5, 0.6) is 0 Å². The molecule has 1 aromatic heterocycles. The molecule has 3 rings (SSSR count). The molecule has 0 aliphatic carbocycles. The Morgan fingerprint density at radius 1 is 1.32 bits per heavy atom. The minimum atomic E-state index is -0.525. The molecule has 0 unspecified atom stereocenters. The molecule has 132 valence electrons. The van der Waals surface area contributed by atoms with Gasteiger partial charge in [0.2, 0.25) is 5.91 Å². The van der Waals surface area contributed by atoms with Crippen molar-refractivity contribution in [2.75, 3.05) is 13.2 Å². The molecule has 2 aromatic rings. The second-order valence-electron chi connectivity index (χ2n) is 5.71. The zero-order valence-electron chi connectivity index (χ0n) is 13.5. The van der Waals surface area contributed by atoms with Gasteiger partial charge >= 0.3 is 0 Å². The fourth-order valence-corrected chi connectivity index (χ4v) is 3.13. The molecule has 1 aliphatic rings. The Kier molecular flexibility index (Phi) is 5.75. The van der Waals surface area contributed by atoms with Crippen molar-refractivity contribution in [1.82, 2.24) is 10.3 Å². The van der Waals surface area contributed by atoms with Crippen LogP contribution in [0.3, 0.4) is 0 Å². The van der Waals surface area contributed by atoms with Gasteiger partial charge in [0.15, 0.2) is 0 Å². The number of primary amides is 1. The van der Waals surface area contributed by atoms with Crippen LogP contribution in [0, 0.1) is 0 Å². The molecule has 1 saturated heterocycles. The lowest BCUT2D eigenvalue weighted by molar-refractivity contribution is -0.0611. The molecule has 0 radical (unpaired) electrons. The minimum Gasteiger partial charge on any atom is -0.379 e. The van der Waals surface area contributed by atoms with Gasteiger partial charge < -0.3 is 20.5 Å². The number of aromatic nitrogens is 1. The van der Waals surface area contributed by atoms with Crippen LogP contribution in [0.1, 0.15) is 32.8 Å². The molecule has 1 aliphatic heterocycles. The van der Waals surface area contributed by atoms with Crippen molar-refractivity contribution in [2.45, 2.75) is 25.2 Å². The van der Waals surface area contributed by atoms with Gasteiger partial charge in [0, 0.05) is 23.1 Å². The highest BCUT2D eigenvalue weighted by atomic mass is 32.1. The molecule has 0 saturated carbocycles. The lowest BCUT2D eigenvalue weighted by Crippen LogP contribution is -2.50. The molecular formula is C17H19N3O4S. The molecule has 0 bridgehead atoms. The van der Waals surface area contributed by atoms with Crippen molar-refractivity contribution >= 4 is 23.2 Å². The molecule has 8 heteroatoms. The number of amides is 2. The molecule has 3 N–H and O–H groups in total. The predicted molar refractivity (Wildman–Crippen MR) is 92.3 cm³/mol. The van der Waals surface area contributed by atoms with E-state index in [-0.39, 0.29) is 18.1 Å². The fraction of sp³-hybridized carbons (Fsp3) is 0.353. The van der Waals surface area contributed by atoms with Crippen LogP contribution < -0.4 is 11.1 Å². The number of nitrogens with zero attached hydrogens (tertiary/aromatic N) is 1. The van der Waals surface area contributed by atoms with Gasteiger partial charge in [-0.2, -0.15) is 0 Å². The van der Waals surface area contributed by atoms with Gasteiger partial charge in [-0.15, -0.1) is 11.3 Å². The largest absolute Gasteiger partial charge is 0.379 e. The number of hydrogen-bond acceptors (Lipinski definition) is 6. The number of thiazole rings is 1. The third-order valence-electron chi connectivity index (χ3n) is 3.97. The quantitative estimate of drug-likeness (QED) is 0.808. The number of nitrogens with two attached hydrogens (primary N) is 1. The molecular weight excluding hydrogens is 342 g/mol. The Balaban J connectivity index is 1.60. The lowest BCUT2D eigenvalue weighted by atomic mass is 10.1. The number of benzene rings is 1. The third-order valence-corrected chi connectivity index (χ3v) is 4.61. The maximum Gasteiger partial charge on any atom is 0.251 e. The molecule has 1 fully saturated rings. The molecule has 2 amide bonds. The van der Waals surface area contributed by atoms with Crippen molar-refractivity contribution in [2.24, 2.45) is 5.73 Å². The zero-order chi connectivity index (χ0) is 17.6. The van der Waals surface area contributed by atoms with Gasteiger partial charge in [0.05, 0.1) is 36.6 Å².